The van der Waals surface area contributed by atoms with Crippen molar-refractivity contribution in [3.63, 3.8) is 0 Å². The van der Waals surface area contributed by atoms with E-state index in [0.29, 0.717) is 10.6 Å². The quantitative estimate of drug-likeness (QED) is 0.180. The molecule has 0 saturated heterocycles. The van der Waals surface area contributed by atoms with Crippen LogP contribution in [-0.2, 0) is 32.6 Å². The van der Waals surface area contributed by atoms with Crippen molar-refractivity contribution < 1.29 is 22.4 Å². The number of carbonyl (C=O) groups excluding carboxylic acids is 2. The molecular formula is C34H34Cl2FN3O4S. The minimum Gasteiger partial charge on any atom is -0.352 e. The molecule has 0 aromatic heterocycles. The maximum Gasteiger partial charge on any atom is 0.264 e. The van der Waals surface area contributed by atoms with Gasteiger partial charge < -0.3 is 10.2 Å². The van der Waals surface area contributed by atoms with Gasteiger partial charge in [0.1, 0.15) is 18.4 Å². The summed E-state index contributed by atoms with van der Waals surface area (Å²) in [6, 6.07) is 23.9. The van der Waals surface area contributed by atoms with Gasteiger partial charge in [-0.1, -0.05) is 77.3 Å². The van der Waals surface area contributed by atoms with Crippen LogP contribution in [0.2, 0.25) is 10.0 Å². The molecule has 1 N–H and O–H groups in total. The second-order valence-electron chi connectivity index (χ2n) is 10.9. The predicted octanol–water partition coefficient (Wildman–Crippen LogP) is 6.80. The summed E-state index contributed by atoms with van der Waals surface area (Å²) < 4.78 is 42.9. The Hall–Kier alpha value is -3.92. The number of hydrogen-bond donors (Lipinski definition) is 1. The molecule has 0 fully saturated rings. The van der Waals surface area contributed by atoms with Crippen molar-refractivity contribution in [1.29, 1.82) is 0 Å². The molecule has 11 heteroatoms. The zero-order valence-electron chi connectivity index (χ0n) is 25.1. The molecule has 0 bridgehead atoms. The van der Waals surface area contributed by atoms with Crippen LogP contribution < -0.4 is 9.62 Å². The van der Waals surface area contributed by atoms with Gasteiger partial charge in [-0.05, 0) is 80.4 Å². The Balaban J connectivity index is 1.81. The van der Waals surface area contributed by atoms with E-state index >= 15 is 0 Å². The molecule has 2 amide bonds. The first-order valence-corrected chi connectivity index (χ1v) is 16.5. The number of aryl methyl sites for hydroxylation is 1. The first-order valence-electron chi connectivity index (χ1n) is 14.3. The summed E-state index contributed by atoms with van der Waals surface area (Å²) in [6.07, 6.45) is 0.160. The minimum atomic E-state index is -4.30. The molecule has 4 aromatic rings. The summed E-state index contributed by atoms with van der Waals surface area (Å²) >= 11 is 12.4. The number of carbonyl (C=O) groups is 2. The molecule has 7 nitrogen and oxygen atoms in total. The number of benzene rings is 4. The van der Waals surface area contributed by atoms with Crippen molar-refractivity contribution in [1.82, 2.24) is 10.2 Å². The molecule has 0 aliphatic rings. The van der Waals surface area contributed by atoms with E-state index in [0.717, 1.165) is 27.6 Å². The highest BCUT2D eigenvalue weighted by Gasteiger charge is 2.35. The summed E-state index contributed by atoms with van der Waals surface area (Å²) in [5.41, 5.74) is 2.33. The van der Waals surface area contributed by atoms with Crippen LogP contribution in [0.1, 0.15) is 30.5 Å². The van der Waals surface area contributed by atoms with Crippen LogP contribution in [0.3, 0.4) is 0 Å². The van der Waals surface area contributed by atoms with Gasteiger partial charge in [-0.3, -0.25) is 13.9 Å². The topological polar surface area (TPSA) is 86.8 Å². The molecule has 0 heterocycles. The van der Waals surface area contributed by atoms with Crippen LogP contribution in [0, 0.1) is 12.7 Å². The summed E-state index contributed by atoms with van der Waals surface area (Å²) in [5, 5.41) is 3.49. The lowest BCUT2D eigenvalue weighted by Crippen LogP contribution is -2.54. The van der Waals surface area contributed by atoms with Gasteiger partial charge >= 0.3 is 0 Å². The first-order chi connectivity index (χ1) is 21.3. The van der Waals surface area contributed by atoms with Crippen LogP contribution >= 0.6 is 23.2 Å². The fourth-order valence-electron chi connectivity index (χ4n) is 4.74. The van der Waals surface area contributed by atoms with E-state index in [1.54, 1.807) is 30.3 Å². The van der Waals surface area contributed by atoms with Crippen LogP contribution in [0.15, 0.2) is 102 Å². The second-order valence-corrected chi connectivity index (χ2v) is 13.6. The van der Waals surface area contributed by atoms with Crippen LogP contribution in [0.25, 0.3) is 0 Å². The van der Waals surface area contributed by atoms with E-state index in [-0.39, 0.29) is 34.6 Å². The van der Waals surface area contributed by atoms with Crippen LogP contribution in [0.4, 0.5) is 10.1 Å². The number of nitrogens with one attached hydrogen (secondary N) is 1. The van der Waals surface area contributed by atoms with Crippen molar-refractivity contribution in [3.05, 3.63) is 130 Å². The standard InChI is InChI=1S/C34H34Cl2FN3O4S/c1-23(2)38-34(42)32(20-25-7-5-4-6-8-25)39(21-26-11-18-30(35)31(36)19-26)33(41)22-40(28-14-12-27(37)13-15-28)45(43,44)29-16-9-24(3)10-17-29/h4-19,23,32H,20-22H2,1-3H3,(H,38,42). The molecule has 45 heavy (non-hydrogen) atoms. The Morgan fingerprint density at radius 2 is 1.49 bits per heavy atom. The third kappa shape index (κ3) is 8.84. The molecule has 1 atom stereocenters. The molecule has 0 aliphatic carbocycles. The summed E-state index contributed by atoms with van der Waals surface area (Å²) in [4.78, 5) is 29.5. The Bertz CT molecular complexity index is 1740. The van der Waals surface area contributed by atoms with Gasteiger partial charge in [0.05, 0.1) is 20.6 Å². The Morgan fingerprint density at radius 3 is 2.09 bits per heavy atom. The molecule has 0 aliphatic heterocycles. The number of amides is 2. The van der Waals surface area contributed by atoms with Crippen LogP contribution in [-0.4, -0.2) is 43.8 Å². The number of sulfonamides is 1. The third-order valence-electron chi connectivity index (χ3n) is 7.04. The van der Waals surface area contributed by atoms with Gasteiger partial charge in [0.15, 0.2) is 0 Å². The smallest absolute Gasteiger partial charge is 0.264 e. The summed E-state index contributed by atoms with van der Waals surface area (Å²) in [5.74, 6) is -1.62. The molecule has 0 radical (unpaired) electrons. The van der Waals surface area contributed by atoms with Crippen molar-refractivity contribution in [2.45, 2.75) is 50.7 Å². The van der Waals surface area contributed by atoms with Gasteiger partial charge in [0.25, 0.3) is 10.0 Å². The highest BCUT2D eigenvalue weighted by molar-refractivity contribution is 7.92. The van der Waals surface area contributed by atoms with Crippen molar-refractivity contribution in [3.8, 4) is 0 Å². The molecular weight excluding hydrogens is 636 g/mol. The average Bonchev–Trinajstić information content (AvgIpc) is 3.00. The van der Waals surface area contributed by atoms with Crippen LogP contribution in [0.5, 0.6) is 0 Å². The number of anilines is 1. The Kier molecular flexibility index (Phi) is 11.3. The SMILES string of the molecule is Cc1ccc(S(=O)(=O)N(CC(=O)N(Cc2ccc(Cl)c(Cl)c2)C(Cc2ccccc2)C(=O)NC(C)C)c2ccc(F)cc2)cc1. The monoisotopic (exact) mass is 669 g/mol. The maximum atomic E-state index is 14.4. The predicted molar refractivity (Wildman–Crippen MR) is 176 cm³/mol. The van der Waals surface area contributed by atoms with E-state index in [9.17, 15) is 22.4 Å². The van der Waals surface area contributed by atoms with E-state index in [4.69, 9.17) is 23.2 Å². The normalized spacial score (nSPS) is 12.1. The second kappa shape index (κ2) is 14.9. The zero-order chi connectivity index (χ0) is 32.7. The van der Waals surface area contributed by atoms with Gasteiger partial charge in [-0.2, -0.15) is 0 Å². The summed E-state index contributed by atoms with van der Waals surface area (Å²) in [7, 11) is -4.30. The molecule has 1 unspecified atom stereocenters. The molecule has 4 rings (SSSR count). The number of nitrogens with zero attached hydrogens (tertiary/aromatic N) is 2. The largest absolute Gasteiger partial charge is 0.352 e. The van der Waals surface area contributed by atoms with Crippen molar-refractivity contribution in [2.24, 2.45) is 0 Å². The van der Waals surface area contributed by atoms with Crippen molar-refractivity contribution in [2.75, 3.05) is 10.8 Å². The van der Waals surface area contributed by atoms with E-state index < -0.39 is 40.2 Å². The lowest BCUT2D eigenvalue weighted by Gasteiger charge is -2.34. The van der Waals surface area contributed by atoms with Gasteiger partial charge in [0.2, 0.25) is 11.8 Å². The number of rotatable bonds is 12. The van der Waals surface area contributed by atoms with E-state index in [2.05, 4.69) is 5.32 Å². The fourth-order valence-corrected chi connectivity index (χ4v) is 6.48. The highest BCUT2D eigenvalue weighted by atomic mass is 35.5. The molecule has 4 aromatic carbocycles. The van der Waals surface area contributed by atoms with Gasteiger partial charge in [-0.15, -0.1) is 0 Å². The maximum absolute atomic E-state index is 14.4. The fraction of sp³-hybridized carbons (Fsp3) is 0.235. The highest BCUT2D eigenvalue weighted by Crippen LogP contribution is 2.27. The van der Waals surface area contributed by atoms with E-state index in [1.807, 2.05) is 51.1 Å². The van der Waals surface area contributed by atoms with Crippen molar-refractivity contribution >= 4 is 50.7 Å². The Labute approximate surface area is 273 Å². The van der Waals surface area contributed by atoms with Gasteiger partial charge in [0, 0.05) is 19.0 Å². The zero-order valence-corrected chi connectivity index (χ0v) is 27.4. The average molecular weight is 671 g/mol. The van der Waals surface area contributed by atoms with Gasteiger partial charge in [-0.25, -0.2) is 12.8 Å². The molecule has 0 spiro atoms. The molecule has 236 valence electrons. The summed E-state index contributed by atoms with van der Waals surface area (Å²) in [6.45, 7) is 4.72. The number of halogens is 3. The Morgan fingerprint density at radius 1 is 0.844 bits per heavy atom. The minimum absolute atomic E-state index is 0.0420. The third-order valence-corrected chi connectivity index (χ3v) is 9.57. The number of hydrogen-bond acceptors (Lipinski definition) is 4. The lowest BCUT2D eigenvalue weighted by atomic mass is 10.0. The first kappa shape index (κ1) is 34.0. The van der Waals surface area contributed by atoms with E-state index in [1.165, 1.54) is 29.2 Å². The lowest BCUT2D eigenvalue weighted by molar-refractivity contribution is -0.140. The molecule has 0 saturated carbocycles.